The van der Waals surface area contributed by atoms with Crippen LogP contribution in [0, 0.1) is 52.3 Å². The molecule has 9 fully saturated rings. The van der Waals surface area contributed by atoms with Crippen molar-refractivity contribution in [3.05, 3.63) is 0 Å². The van der Waals surface area contributed by atoms with E-state index in [1.165, 1.54) is 0 Å². The third-order valence-electron chi connectivity index (χ3n) is 17.8. The molecule has 5 aliphatic heterocycles. The highest BCUT2D eigenvalue weighted by atomic mass is 16.7. The Morgan fingerprint density at radius 1 is 0.714 bits per heavy atom. The summed E-state index contributed by atoms with van der Waals surface area (Å²) in [5.41, 5.74) is -0.387. The van der Waals surface area contributed by atoms with Gasteiger partial charge in [0.1, 0.15) is 72.9 Å². The minimum absolute atomic E-state index is 0.0186. The Labute approximate surface area is 366 Å². The molecule has 5 saturated heterocycles. The summed E-state index contributed by atoms with van der Waals surface area (Å²) in [6.07, 6.45) is -15.6. The number of hydrogen-bond acceptors (Lipinski definition) is 19. The van der Waals surface area contributed by atoms with E-state index in [0.717, 1.165) is 25.7 Å². The largest absolute Gasteiger partial charge is 0.394 e. The van der Waals surface area contributed by atoms with Gasteiger partial charge in [0.05, 0.1) is 44.7 Å². The van der Waals surface area contributed by atoms with Crippen LogP contribution in [-0.2, 0) is 42.7 Å². The third-order valence-corrected chi connectivity index (χ3v) is 17.8. The Kier molecular flexibility index (Phi) is 13.0. The second-order valence-electron chi connectivity index (χ2n) is 21.2. The number of rotatable bonds is 8. The Morgan fingerprint density at radius 2 is 1.37 bits per heavy atom. The maximum absolute atomic E-state index is 14.4. The highest BCUT2D eigenvalue weighted by Crippen LogP contribution is 2.71. The molecule has 4 saturated carbocycles. The Hall–Kier alpha value is -1.05. The molecule has 9 aliphatic rings. The summed E-state index contributed by atoms with van der Waals surface area (Å²) in [4.78, 5) is 14.4. The smallest absolute Gasteiger partial charge is 0.186 e. The highest BCUT2D eigenvalue weighted by Gasteiger charge is 2.70. The van der Waals surface area contributed by atoms with Crippen molar-refractivity contribution in [3.63, 3.8) is 0 Å². The van der Waals surface area contributed by atoms with Crippen LogP contribution in [0.1, 0.15) is 79.1 Å². The SMILES string of the molecule is C[C@H]1CO[C@]2(C[C@@H]1O[C@@H]1O[C@H](CO)[C@@H](O)[C@H](O)[C@H]1O)O[C@H]1C[C@H]3[C@@H]4CC(=O)[C@H]5C[C@@H](O[C@@H]6O[C@H](CO[C@@H]7OC[C@H](O)[C@H](O)[C@H]7O)[C@@H](O)[C@H](O)[C@H]6O)CC[C@]5(C)[C@H]4CC[C@]3(C)[C@H]1[C@@H]2C. The van der Waals surface area contributed by atoms with E-state index in [-0.39, 0.29) is 71.4 Å². The fourth-order valence-corrected chi connectivity index (χ4v) is 14.1. The lowest BCUT2D eigenvalue weighted by Crippen LogP contribution is -2.61. The van der Waals surface area contributed by atoms with E-state index in [1.807, 2.05) is 6.92 Å². The molecule has 0 aromatic carbocycles. The quantitative estimate of drug-likeness (QED) is 0.119. The molecule has 10 N–H and O–H groups in total. The number of carbonyl (C=O) groups excluding carboxylic acids is 1. The predicted octanol–water partition coefficient (Wildman–Crippen LogP) is -1.94. The summed E-state index contributed by atoms with van der Waals surface area (Å²) in [7, 11) is 0. The molecule has 0 aromatic rings. The molecule has 4 aliphatic carbocycles. The molecule has 63 heavy (non-hydrogen) atoms. The van der Waals surface area contributed by atoms with Crippen LogP contribution < -0.4 is 0 Å². The van der Waals surface area contributed by atoms with Gasteiger partial charge in [0.2, 0.25) is 0 Å². The van der Waals surface area contributed by atoms with E-state index in [1.54, 1.807) is 0 Å². The van der Waals surface area contributed by atoms with Crippen molar-refractivity contribution in [3.8, 4) is 0 Å². The van der Waals surface area contributed by atoms with E-state index in [4.69, 9.17) is 37.9 Å². The van der Waals surface area contributed by atoms with Crippen LogP contribution in [-0.4, -0.2) is 193 Å². The van der Waals surface area contributed by atoms with Crippen molar-refractivity contribution in [2.45, 2.75) is 189 Å². The van der Waals surface area contributed by atoms with E-state index < -0.39 is 111 Å². The van der Waals surface area contributed by atoms with Gasteiger partial charge in [-0.05, 0) is 73.0 Å². The first-order chi connectivity index (χ1) is 29.8. The Morgan fingerprint density at radius 3 is 2.08 bits per heavy atom. The maximum atomic E-state index is 14.4. The van der Waals surface area contributed by atoms with Crippen LogP contribution in [0.3, 0.4) is 0 Å². The van der Waals surface area contributed by atoms with Crippen LogP contribution >= 0.6 is 0 Å². The number of aliphatic hydroxyl groups excluding tert-OH is 10. The van der Waals surface area contributed by atoms with Crippen molar-refractivity contribution in [1.82, 2.24) is 0 Å². The van der Waals surface area contributed by atoms with Gasteiger partial charge >= 0.3 is 0 Å². The van der Waals surface area contributed by atoms with Crippen LogP contribution in [0.2, 0.25) is 0 Å². The molecule has 0 unspecified atom stereocenters. The number of carbonyl (C=O) groups is 1. The summed E-state index contributed by atoms with van der Waals surface area (Å²) in [5.74, 6) is -0.228. The Bertz CT molecular complexity index is 1640. The lowest BCUT2D eigenvalue weighted by Gasteiger charge is -2.60. The molecule has 0 bridgehead atoms. The third kappa shape index (κ3) is 7.78. The number of ketones is 1. The van der Waals surface area contributed by atoms with Gasteiger partial charge in [-0.1, -0.05) is 27.7 Å². The minimum atomic E-state index is -1.64. The molecule has 0 radical (unpaired) electrons. The summed E-state index contributed by atoms with van der Waals surface area (Å²) >= 11 is 0. The first kappa shape index (κ1) is 47.0. The van der Waals surface area contributed by atoms with Crippen molar-refractivity contribution >= 4 is 5.78 Å². The molecule has 1 spiro atoms. The first-order valence-corrected chi connectivity index (χ1v) is 23.2. The maximum Gasteiger partial charge on any atom is 0.186 e. The van der Waals surface area contributed by atoms with Gasteiger partial charge in [0.15, 0.2) is 24.7 Å². The van der Waals surface area contributed by atoms with E-state index in [2.05, 4.69) is 20.8 Å². The summed E-state index contributed by atoms with van der Waals surface area (Å²) in [6, 6.07) is 0. The fourth-order valence-electron chi connectivity index (χ4n) is 14.1. The zero-order chi connectivity index (χ0) is 45.1. The molecule has 19 heteroatoms. The fraction of sp³-hybridized carbons (Fsp3) is 0.977. The van der Waals surface area contributed by atoms with Gasteiger partial charge in [0, 0.05) is 30.6 Å². The van der Waals surface area contributed by atoms with Crippen LogP contribution in [0.25, 0.3) is 0 Å². The van der Waals surface area contributed by atoms with Crippen molar-refractivity contribution in [2.24, 2.45) is 52.3 Å². The van der Waals surface area contributed by atoms with Crippen LogP contribution in [0.5, 0.6) is 0 Å². The average molecular weight is 903 g/mol. The standard InChI is InChI=1S/C44H70O19/c1-17-14-58-44(12-27(17)60-41-38(55)34(51)32(49)28(13-45)61-41)18(2)30-26(63-44)11-22-20-10-24(46)23-9-19(5-7-42(23,3)21(20)6-8-43(22,30)4)59-40-37(54)35(52)33(50)29(62-40)16-57-39-36(53)31(48)25(47)15-56-39/h17-23,25-41,45,47-55H,5-16H2,1-4H3/t17-,18-,19-,20+,21-,22-,23+,25-,26-,27-,28+,29+,30-,31-,32+,33+,34-,35-,36+,37+,38+,39-,40+,41+,42+,43-,44+/m0/s1. The molecular formula is C44H70O19. The topological polar surface area (TPSA) is 293 Å². The van der Waals surface area contributed by atoms with E-state index >= 15 is 0 Å². The summed E-state index contributed by atoms with van der Waals surface area (Å²) in [6.45, 7) is 7.91. The highest BCUT2D eigenvalue weighted by molar-refractivity contribution is 5.83. The lowest BCUT2D eigenvalue weighted by atomic mass is 9.44. The van der Waals surface area contributed by atoms with Crippen molar-refractivity contribution in [1.29, 1.82) is 0 Å². The van der Waals surface area contributed by atoms with Gasteiger partial charge in [-0.25, -0.2) is 0 Å². The summed E-state index contributed by atoms with van der Waals surface area (Å²) < 4.78 is 48.7. The van der Waals surface area contributed by atoms with Crippen LogP contribution in [0.4, 0.5) is 0 Å². The number of Topliss-reactive ketones (excluding diaryl/α,β-unsaturated/α-hetero) is 1. The van der Waals surface area contributed by atoms with Gasteiger partial charge in [0.25, 0.3) is 0 Å². The predicted molar refractivity (Wildman–Crippen MR) is 211 cm³/mol. The van der Waals surface area contributed by atoms with Gasteiger partial charge in [-0.15, -0.1) is 0 Å². The average Bonchev–Trinajstić information content (AvgIpc) is 3.70. The summed E-state index contributed by atoms with van der Waals surface area (Å²) in [5, 5.41) is 104. The van der Waals surface area contributed by atoms with Crippen molar-refractivity contribution in [2.75, 3.05) is 26.4 Å². The van der Waals surface area contributed by atoms with E-state index in [0.29, 0.717) is 38.2 Å². The zero-order valence-electron chi connectivity index (χ0n) is 36.5. The molecule has 27 atom stereocenters. The zero-order valence-corrected chi connectivity index (χ0v) is 36.5. The van der Waals surface area contributed by atoms with Gasteiger partial charge < -0.3 is 89.0 Å². The molecule has 360 valence electrons. The molecule has 0 aromatic heterocycles. The number of fused-ring (bicyclic) bond motifs is 7. The molecular weight excluding hydrogens is 832 g/mol. The lowest BCUT2D eigenvalue weighted by molar-refractivity contribution is -0.344. The van der Waals surface area contributed by atoms with Gasteiger partial charge in [-0.3, -0.25) is 4.79 Å². The molecule has 5 heterocycles. The number of ether oxygens (including phenoxy) is 8. The van der Waals surface area contributed by atoms with E-state index in [9.17, 15) is 55.9 Å². The molecule has 9 rings (SSSR count). The Balaban J connectivity index is 0.832. The number of hydrogen-bond donors (Lipinski definition) is 10. The minimum Gasteiger partial charge on any atom is -0.394 e. The number of aliphatic hydroxyl groups is 10. The molecule has 0 amide bonds. The first-order valence-electron chi connectivity index (χ1n) is 23.2. The second kappa shape index (κ2) is 17.5. The second-order valence-corrected chi connectivity index (χ2v) is 21.2. The van der Waals surface area contributed by atoms with Gasteiger partial charge in [-0.2, -0.15) is 0 Å². The van der Waals surface area contributed by atoms with Crippen molar-refractivity contribution < 1.29 is 93.8 Å². The monoisotopic (exact) mass is 902 g/mol. The normalized spacial score (nSPS) is 58.2. The van der Waals surface area contributed by atoms with Crippen LogP contribution in [0.15, 0.2) is 0 Å². The molecule has 19 nitrogen and oxygen atoms in total.